The second kappa shape index (κ2) is 2.28. The molecule has 3 rings (SSSR count). The average Bonchev–Trinajstić information content (AvgIpc) is 2.61. The molecule has 0 amide bonds. The van der Waals surface area contributed by atoms with Crippen LogP contribution >= 0.6 is 0 Å². The van der Waals surface area contributed by atoms with Crippen molar-refractivity contribution in [3.63, 3.8) is 0 Å². The molecule has 3 aliphatic rings. The van der Waals surface area contributed by atoms with Gasteiger partial charge in [-0.25, -0.2) is 0 Å². The number of Topliss-reactive ketones (excluding diaryl/α,β-unsaturated/α-hetero) is 1. The Bertz CT molecular complexity index is 227. The monoisotopic (exact) mass is 170 g/mol. The van der Waals surface area contributed by atoms with E-state index in [2.05, 4.69) is 0 Å². The Kier molecular flexibility index (Phi) is 1.33. The van der Waals surface area contributed by atoms with E-state index in [9.17, 15) is 4.79 Å². The zero-order valence-corrected chi connectivity index (χ0v) is 6.56. The first-order valence-electron chi connectivity index (χ1n) is 4.27. The second-order valence-corrected chi connectivity index (χ2v) is 3.50. The van der Waals surface area contributed by atoms with Crippen molar-refractivity contribution in [1.29, 1.82) is 0 Å². The molecule has 4 heteroatoms. The molecule has 3 fully saturated rings. The summed E-state index contributed by atoms with van der Waals surface area (Å²) >= 11 is 0. The molecule has 0 N–H and O–H groups in total. The maximum atomic E-state index is 11.3. The molecule has 0 bridgehead atoms. The van der Waals surface area contributed by atoms with Gasteiger partial charge in [-0.1, -0.05) is 0 Å². The number of hydrogen-bond acceptors (Lipinski definition) is 4. The molecule has 4 atom stereocenters. The molecule has 0 radical (unpaired) electrons. The van der Waals surface area contributed by atoms with E-state index in [1.54, 1.807) is 0 Å². The number of hydrogen-bond donors (Lipinski definition) is 0. The quantitative estimate of drug-likeness (QED) is 0.510. The third-order valence-electron chi connectivity index (χ3n) is 2.87. The Morgan fingerprint density at radius 2 is 2.17 bits per heavy atom. The van der Waals surface area contributed by atoms with Gasteiger partial charge in [0.2, 0.25) is 0 Å². The van der Waals surface area contributed by atoms with Gasteiger partial charge in [-0.2, -0.15) is 0 Å². The largest absolute Gasteiger partial charge is 0.352 e. The van der Waals surface area contributed by atoms with E-state index in [1.165, 1.54) is 0 Å². The molecule has 0 aliphatic carbocycles. The lowest BCUT2D eigenvalue weighted by Gasteiger charge is -2.08. The minimum Gasteiger partial charge on any atom is -0.352 e. The van der Waals surface area contributed by atoms with Crippen LogP contribution in [0.4, 0.5) is 0 Å². The summed E-state index contributed by atoms with van der Waals surface area (Å²) in [6.07, 6.45) is 0.443. The molecule has 4 unspecified atom stereocenters. The average molecular weight is 170 g/mol. The van der Waals surface area contributed by atoms with Crippen LogP contribution < -0.4 is 0 Å². The number of rotatable bonds is 0. The number of carbonyl (C=O) groups excluding carboxylic acids is 1. The van der Waals surface area contributed by atoms with Crippen LogP contribution in [0.15, 0.2) is 0 Å². The molecule has 3 aliphatic heterocycles. The highest BCUT2D eigenvalue weighted by molar-refractivity contribution is 5.84. The van der Waals surface area contributed by atoms with E-state index in [0.29, 0.717) is 6.61 Å². The maximum absolute atomic E-state index is 11.3. The second-order valence-electron chi connectivity index (χ2n) is 3.50. The molecule has 66 valence electrons. The first-order chi connectivity index (χ1) is 5.86. The summed E-state index contributed by atoms with van der Waals surface area (Å²) in [5.41, 5.74) is 0. The molecule has 0 aromatic heterocycles. The minimum atomic E-state index is -0.312. The SMILES string of the molecule is O=C1COC2OC3OCCC3C12. The van der Waals surface area contributed by atoms with Gasteiger partial charge in [0.05, 0.1) is 12.5 Å². The van der Waals surface area contributed by atoms with Gasteiger partial charge in [0.1, 0.15) is 6.61 Å². The van der Waals surface area contributed by atoms with Crippen molar-refractivity contribution in [2.24, 2.45) is 11.8 Å². The van der Waals surface area contributed by atoms with E-state index >= 15 is 0 Å². The molecule has 0 aromatic carbocycles. The lowest BCUT2D eigenvalue weighted by Crippen LogP contribution is -2.22. The van der Waals surface area contributed by atoms with E-state index in [4.69, 9.17) is 14.2 Å². The summed E-state index contributed by atoms with van der Waals surface area (Å²) in [6, 6.07) is 0. The normalized spacial score (nSPS) is 51.2. The Hall–Kier alpha value is -0.450. The van der Waals surface area contributed by atoms with Gasteiger partial charge in [-0.3, -0.25) is 4.79 Å². The molecule has 0 spiro atoms. The fourth-order valence-corrected chi connectivity index (χ4v) is 2.28. The minimum absolute atomic E-state index is 0.0440. The third-order valence-corrected chi connectivity index (χ3v) is 2.87. The van der Waals surface area contributed by atoms with E-state index < -0.39 is 0 Å². The molecular formula is C8H10O4. The Morgan fingerprint density at radius 1 is 1.25 bits per heavy atom. The lowest BCUT2D eigenvalue weighted by atomic mass is 9.90. The highest BCUT2D eigenvalue weighted by Gasteiger charge is 2.54. The highest BCUT2D eigenvalue weighted by Crippen LogP contribution is 2.43. The van der Waals surface area contributed by atoms with Crippen LogP contribution in [-0.4, -0.2) is 31.6 Å². The van der Waals surface area contributed by atoms with Crippen LogP contribution in [0, 0.1) is 11.8 Å². The van der Waals surface area contributed by atoms with Crippen LogP contribution in [0.5, 0.6) is 0 Å². The summed E-state index contributed by atoms with van der Waals surface area (Å²) in [4.78, 5) is 11.3. The van der Waals surface area contributed by atoms with Crippen molar-refractivity contribution in [2.75, 3.05) is 13.2 Å². The highest BCUT2D eigenvalue weighted by atomic mass is 16.8. The first-order valence-corrected chi connectivity index (χ1v) is 4.27. The zero-order chi connectivity index (χ0) is 8.13. The van der Waals surface area contributed by atoms with Crippen molar-refractivity contribution < 1.29 is 19.0 Å². The fraction of sp³-hybridized carbons (Fsp3) is 0.875. The van der Waals surface area contributed by atoms with Crippen molar-refractivity contribution in [3.8, 4) is 0 Å². The summed E-state index contributed by atoms with van der Waals surface area (Å²) in [5, 5.41) is 0. The Morgan fingerprint density at radius 3 is 3.08 bits per heavy atom. The summed E-state index contributed by atoms with van der Waals surface area (Å²) < 4.78 is 15.9. The summed E-state index contributed by atoms with van der Waals surface area (Å²) in [7, 11) is 0. The Balaban J connectivity index is 1.90. The van der Waals surface area contributed by atoms with Crippen molar-refractivity contribution >= 4 is 5.78 Å². The van der Waals surface area contributed by atoms with Crippen LogP contribution in [0.25, 0.3) is 0 Å². The van der Waals surface area contributed by atoms with Crippen LogP contribution in [-0.2, 0) is 19.0 Å². The predicted octanol–water partition coefficient (Wildman–Crippen LogP) is -0.0792. The van der Waals surface area contributed by atoms with Crippen LogP contribution in [0.1, 0.15) is 6.42 Å². The first kappa shape index (κ1) is 7.00. The van der Waals surface area contributed by atoms with E-state index in [-0.39, 0.29) is 36.8 Å². The summed E-state index contributed by atoms with van der Waals surface area (Å²) in [5.74, 6) is 0.389. The van der Waals surface area contributed by atoms with Crippen molar-refractivity contribution in [3.05, 3.63) is 0 Å². The zero-order valence-electron chi connectivity index (χ0n) is 6.56. The molecule has 3 saturated heterocycles. The van der Waals surface area contributed by atoms with Crippen LogP contribution in [0.2, 0.25) is 0 Å². The van der Waals surface area contributed by atoms with Gasteiger partial charge in [-0.15, -0.1) is 0 Å². The number of fused-ring (bicyclic) bond motifs is 3. The molecular weight excluding hydrogens is 160 g/mol. The van der Waals surface area contributed by atoms with Gasteiger partial charge in [-0.05, 0) is 6.42 Å². The fourth-order valence-electron chi connectivity index (χ4n) is 2.28. The van der Waals surface area contributed by atoms with E-state index in [0.717, 1.165) is 6.42 Å². The lowest BCUT2D eigenvalue weighted by molar-refractivity contribution is -0.188. The molecule has 0 aromatic rings. The van der Waals surface area contributed by atoms with Gasteiger partial charge in [0.25, 0.3) is 0 Å². The van der Waals surface area contributed by atoms with Gasteiger partial charge in [0.15, 0.2) is 18.4 Å². The number of ether oxygens (including phenoxy) is 3. The standard InChI is InChI=1S/C8H10O4/c9-5-3-11-8-6(5)4-1-2-10-7(4)12-8/h4,6-8H,1-3H2. The maximum Gasteiger partial charge on any atom is 0.171 e. The van der Waals surface area contributed by atoms with Crippen molar-refractivity contribution in [2.45, 2.75) is 19.0 Å². The predicted molar refractivity (Wildman–Crippen MR) is 37.2 cm³/mol. The molecule has 12 heavy (non-hydrogen) atoms. The van der Waals surface area contributed by atoms with Gasteiger partial charge in [0, 0.05) is 5.92 Å². The molecule has 0 saturated carbocycles. The smallest absolute Gasteiger partial charge is 0.171 e. The molecule has 4 nitrogen and oxygen atoms in total. The van der Waals surface area contributed by atoms with Gasteiger partial charge < -0.3 is 14.2 Å². The summed E-state index contributed by atoms with van der Waals surface area (Å²) in [6.45, 7) is 0.935. The topological polar surface area (TPSA) is 44.8 Å². The Labute approximate surface area is 69.8 Å². The van der Waals surface area contributed by atoms with Gasteiger partial charge >= 0.3 is 0 Å². The molecule has 3 heterocycles. The van der Waals surface area contributed by atoms with Crippen LogP contribution in [0.3, 0.4) is 0 Å². The van der Waals surface area contributed by atoms with Crippen molar-refractivity contribution in [1.82, 2.24) is 0 Å². The number of ketones is 1. The number of carbonyl (C=O) groups is 1. The van der Waals surface area contributed by atoms with E-state index in [1.807, 2.05) is 0 Å². The third kappa shape index (κ3) is 0.748.